The molecule has 3 aromatic heterocycles. The van der Waals surface area contributed by atoms with E-state index in [-0.39, 0.29) is 17.1 Å². The Kier molecular flexibility index (Phi) is 4.26. The van der Waals surface area contributed by atoms with Gasteiger partial charge in [-0.25, -0.2) is 4.79 Å². The molecule has 9 heteroatoms. The van der Waals surface area contributed by atoms with Gasteiger partial charge in [0.2, 0.25) is 5.76 Å². The van der Waals surface area contributed by atoms with E-state index in [0.717, 1.165) is 0 Å². The van der Waals surface area contributed by atoms with Crippen molar-refractivity contribution in [3.8, 4) is 11.9 Å². The second-order valence-corrected chi connectivity index (χ2v) is 4.81. The number of ether oxygens (including phenoxy) is 1. The van der Waals surface area contributed by atoms with Gasteiger partial charge in [0, 0.05) is 18.5 Å². The summed E-state index contributed by atoms with van der Waals surface area (Å²) < 4.78 is 11.2. The summed E-state index contributed by atoms with van der Waals surface area (Å²) in [5.74, 6) is -0.924. The SMILES string of the molecule is COC(=O)c1occc1NC(=O)c1ccc(-n2ccc(C#N)c2)nn1. The standard InChI is InChI=1S/C16H11N5O4/c1-24-16(23)14-11(5-7-25-14)18-15(22)12-2-3-13(20-19-12)21-6-4-10(8-17)9-21/h2-7,9H,1H3,(H,18,22). The minimum Gasteiger partial charge on any atom is -0.463 e. The van der Waals surface area contributed by atoms with Gasteiger partial charge in [0.15, 0.2) is 11.5 Å². The number of methoxy groups -OCH3 is 1. The Morgan fingerprint density at radius 1 is 1.28 bits per heavy atom. The van der Waals surface area contributed by atoms with Crippen LogP contribution in [0.3, 0.4) is 0 Å². The first-order chi connectivity index (χ1) is 12.1. The first-order valence-corrected chi connectivity index (χ1v) is 7.01. The molecule has 3 rings (SSSR count). The van der Waals surface area contributed by atoms with E-state index >= 15 is 0 Å². The van der Waals surface area contributed by atoms with Crippen LogP contribution in [0, 0.1) is 11.3 Å². The molecule has 0 atom stereocenters. The molecular formula is C16H11N5O4. The molecule has 3 heterocycles. The van der Waals surface area contributed by atoms with E-state index < -0.39 is 11.9 Å². The molecule has 0 saturated heterocycles. The Morgan fingerprint density at radius 2 is 2.12 bits per heavy atom. The lowest BCUT2D eigenvalue weighted by atomic mass is 10.3. The second kappa shape index (κ2) is 6.67. The quantitative estimate of drug-likeness (QED) is 0.720. The summed E-state index contributed by atoms with van der Waals surface area (Å²) in [7, 11) is 1.21. The Bertz CT molecular complexity index is 965. The number of amides is 1. The number of nitrogens with zero attached hydrogens (tertiary/aromatic N) is 4. The predicted octanol–water partition coefficient (Wildman–Crippen LogP) is 1.77. The molecule has 25 heavy (non-hydrogen) atoms. The summed E-state index contributed by atoms with van der Waals surface area (Å²) >= 11 is 0. The number of rotatable bonds is 4. The van der Waals surface area contributed by atoms with Crippen LogP contribution in [0.5, 0.6) is 0 Å². The molecule has 0 aliphatic rings. The number of hydrogen-bond donors (Lipinski definition) is 1. The Morgan fingerprint density at radius 3 is 2.76 bits per heavy atom. The minimum absolute atomic E-state index is 0.0495. The fourth-order valence-electron chi connectivity index (χ4n) is 2.03. The van der Waals surface area contributed by atoms with Gasteiger partial charge >= 0.3 is 5.97 Å². The summed E-state index contributed by atoms with van der Waals surface area (Å²) in [6.45, 7) is 0. The van der Waals surface area contributed by atoms with Crippen molar-refractivity contribution in [2.45, 2.75) is 0 Å². The number of esters is 1. The Balaban J connectivity index is 1.76. The van der Waals surface area contributed by atoms with Crippen molar-refractivity contribution in [1.82, 2.24) is 14.8 Å². The number of hydrogen-bond acceptors (Lipinski definition) is 7. The average Bonchev–Trinajstić information content (AvgIpc) is 3.30. The van der Waals surface area contributed by atoms with Crippen molar-refractivity contribution in [1.29, 1.82) is 5.26 Å². The fourth-order valence-corrected chi connectivity index (χ4v) is 2.03. The van der Waals surface area contributed by atoms with Gasteiger partial charge in [0.05, 0.1) is 24.6 Å². The number of nitrogens with one attached hydrogen (secondary N) is 1. The highest BCUT2D eigenvalue weighted by atomic mass is 16.5. The van der Waals surface area contributed by atoms with Crippen LogP contribution in [0.1, 0.15) is 26.6 Å². The van der Waals surface area contributed by atoms with Crippen molar-refractivity contribution >= 4 is 17.6 Å². The van der Waals surface area contributed by atoms with Crippen molar-refractivity contribution in [2.24, 2.45) is 0 Å². The van der Waals surface area contributed by atoms with Crippen LogP contribution in [0.2, 0.25) is 0 Å². The van der Waals surface area contributed by atoms with Crippen molar-refractivity contribution < 1.29 is 18.7 Å². The lowest BCUT2D eigenvalue weighted by molar-refractivity contribution is 0.0566. The van der Waals surface area contributed by atoms with Crippen LogP contribution in [-0.2, 0) is 4.74 Å². The van der Waals surface area contributed by atoms with E-state index in [1.807, 2.05) is 6.07 Å². The number of aromatic nitrogens is 3. The molecule has 0 spiro atoms. The molecule has 0 radical (unpaired) electrons. The third kappa shape index (κ3) is 3.23. The topological polar surface area (TPSA) is 123 Å². The zero-order valence-electron chi connectivity index (χ0n) is 13.0. The summed E-state index contributed by atoms with van der Waals surface area (Å²) in [6.07, 6.45) is 4.52. The van der Waals surface area contributed by atoms with Gasteiger partial charge in [-0.1, -0.05) is 0 Å². The maximum absolute atomic E-state index is 12.2. The molecule has 0 bridgehead atoms. The Hall–Kier alpha value is -3.93. The van der Waals surface area contributed by atoms with E-state index in [0.29, 0.717) is 11.4 Å². The van der Waals surface area contributed by atoms with Gasteiger partial charge in [-0.3, -0.25) is 4.79 Å². The van der Waals surface area contributed by atoms with E-state index in [1.54, 1.807) is 29.1 Å². The van der Waals surface area contributed by atoms with Crippen LogP contribution in [0.25, 0.3) is 5.82 Å². The predicted molar refractivity (Wildman–Crippen MR) is 84.1 cm³/mol. The summed E-state index contributed by atoms with van der Waals surface area (Å²) in [5.41, 5.74) is 0.708. The molecule has 0 aliphatic carbocycles. The molecule has 0 unspecified atom stereocenters. The van der Waals surface area contributed by atoms with Gasteiger partial charge in [0.1, 0.15) is 6.07 Å². The highest BCUT2D eigenvalue weighted by Gasteiger charge is 2.19. The summed E-state index contributed by atoms with van der Waals surface area (Å²) in [6, 6.07) is 8.13. The van der Waals surface area contributed by atoms with E-state index in [1.165, 1.54) is 25.5 Å². The number of furan rings is 1. The summed E-state index contributed by atoms with van der Waals surface area (Å²) in [4.78, 5) is 23.7. The van der Waals surface area contributed by atoms with Crippen LogP contribution in [-0.4, -0.2) is 33.8 Å². The third-order valence-electron chi connectivity index (χ3n) is 3.25. The number of nitriles is 1. The maximum Gasteiger partial charge on any atom is 0.376 e. The van der Waals surface area contributed by atoms with Gasteiger partial charge in [-0.15, -0.1) is 10.2 Å². The molecule has 3 aromatic rings. The third-order valence-corrected chi connectivity index (χ3v) is 3.25. The van der Waals surface area contributed by atoms with Gasteiger partial charge < -0.3 is 19.0 Å². The van der Waals surface area contributed by atoms with E-state index in [9.17, 15) is 9.59 Å². The first kappa shape index (κ1) is 15.9. The van der Waals surface area contributed by atoms with Crippen LogP contribution >= 0.6 is 0 Å². The van der Waals surface area contributed by atoms with Gasteiger partial charge in [-0.05, 0) is 18.2 Å². The van der Waals surface area contributed by atoms with Gasteiger partial charge in [-0.2, -0.15) is 5.26 Å². The molecule has 0 aliphatic heterocycles. The second-order valence-electron chi connectivity index (χ2n) is 4.81. The van der Waals surface area contributed by atoms with Crippen LogP contribution in [0.15, 0.2) is 47.3 Å². The molecule has 9 nitrogen and oxygen atoms in total. The fraction of sp³-hybridized carbons (Fsp3) is 0.0625. The highest BCUT2D eigenvalue weighted by Crippen LogP contribution is 2.18. The number of carbonyl (C=O) groups excluding carboxylic acids is 2. The van der Waals surface area contributed by atoms with Crippen molar-refractivity contribution in [3.05, 3.63) is 59.9 Å². The highest BCUT2D eigenvalue weighted by molar-refractivity contribution is 6.06. The smallest absolute Gasteiger partial charge is 0.376 e. The monoisotopic (exact) mass is 337 g/mol. The minimum atomic E-state index is -0.706. The molecule has 0 saturated carbocycles. The summed E-state index contributed by atoms with van der Waals surface area (Å²) in [5, 5.41) is 19.1. The molecule has 1 amide bonds. The first-order valence-electron chi connectivity index (χ1n) is 7.01. The molecule has 0 aromatic carbocycles. The van der Waals surface area contributed by atoms with Crippen LogP contribution in [0.4, 0.5) is 5.69 Å². The van der Waals surface area contributed by atoms with E-state index in [4.69, 9.17) is 9.68 Å². The molecule has 1 N–H and O–H groups in total. The number of carbonyl (C=O) groups is 2. The maximum atomic E-state index is 12.2. The molecule has 0 fully saturated rings. The molecular weight excluding hydrogens is 326 g/mol. The Labute approximate surface area is 141 Å². The zero-order chi connectivity index (χ0) is 17.8. The average molecular weight is 337 g/mol. The number of anilines is 1. The van der Waals surface area contributed by atoms with Crippen molar-refractivity contribution in [2.75, 3.05) is 12.4 Å². The van der Waals surface area contributed by atoms with E-state index in [2.05, 4.69) is 20.3 Å². The lowest BCUT2D eigenvalue weighted by Gasteiger charge is -2.05. The van der Waals surface area contributed by atoms with Crippen molar-refractivity contribution in [3.63, 3.8) is 0 Å². The van der Waals surface area contributed by atoms with Crippen LogP contribution < -0.4 is 5.32 Å². The largest absolute Gasteiger partial charge is 0.463 e. The van der Waals surface area contributed by atoms with Gasteiger partial charge in [0.25, 0.3) is 5.91 Å². The zero-order valence-corrected chi connectivity index (χ0v) is 13.0. The normalized spacial score (nSPS) is 10.1. The lowest BCUT2D eigenvalue weighted by Crippen LogP contribution is -2.16. The molecule has 124 valence electrons.